The summed E-state index contributed by atoms with van der Waals surface area (Å²) in [4.78, 5) is 0. The Balaban J connectivity index is 0.00000196. The van der Waals surface area contributed by atoms with Crippen LogP contribution in [0.15, 0.2) is 22.8 Å². The van der Waals surface area contributed by atoms with Crippen molar-refractivity contribution in [2.75, 3.05) is 0 Å². The molecule has 1 aliphatic carbocycles. The second-order valence-corrected chi connectivity index (χ2v) is 5.27. The molecule has 0 aromatic rings. The fraction of sp³-hybridized carbons (Fsp3) is 0.714. The molecule has 0 heterocycles. The van der Waals surface area contributed by atoms with Gasteiger partial charge in [-0.15, -0.1) is 0 Å². The van der Waals surface area contributed by atoms with Gasteiger partial charge in [-0.1, -0.05) is 53.2 Å². The van der Waals surface area contributed by atoms with Crippen LogP contribution in [0, 0.1) is 17.8 Å². The summed E-state index contributed by atoms with van der Waals surface area (Å²) >= 11 is 0. The molecule has 0 bridgehead atoms. The zero-order valence-electron chi connectivity index (χ0n) is 10.5. The van der Waals surface area contributed by atoms with E-state index < -0.39 is 0 Å². The third-order valence-corrected chi connectivity index (χ3v) is 3.10. The maximum absolute atomic E-state index is 2.44. The second kappa shape index (κ2) is 6.64. The predicted octanol–water partition coefficient (Wildman–Crippen LogP) is 3.66. The van der Waals surface area contributed by atoms with E-state index in [1.165, 1.54) is 6.42 Å². The average molecular weight is 282 g/mol. The zero-order chi connectivity index (χ0) is 10.9. The molecule has 1 aliphatic rings. The van der Waals surface area contributed by atoms with Crippen molar-refractivity contribution in [3.8, 4) is 0 Å². The Kier molecular flexibility index (Phi) is 7.06. The first kappa shape index (κ1) is 16.0. The van der Waals surface area contributed by atoms with Crippen LogP contribution in [0.25, 0.3) is 0 Å². The molecule has 0 atom stereocenters. The Hall–Kier alpha value is 0.961. The van der Waals surface area contributed by atoms with E-state index in [9.17, 15) is 0 Å². The van der Waals surface area contributed by atoms with E-state index in [2.05, 4.69) is 47.6 Å². The Morgan fingerprint density at radius 3 is 1.73 bits per heavy atom. The molecular formula is C14H26Sr. The third-order valence-electron chi connectivity index (χ3n) is 3.10. The normalized spacial score (nSPS) is 16.5. The van der Waals surface area contributed by atoms with Crippen LogP contribution in [0.2, 0.25) is 0 Å². The van der Waals surface area contributed by atoms with E-state index in [4.69, 9.17) is 0 Å². The summed E-state index contributed by atoms with van der Waals surface area (Å²) < 4.78 is 0. The minimum atomic E-state index is 0. The number of allylic oxidation sites excluding steroid dienone is 4. The molecular weight excluding hydrogens is 256 g/mol. The molecule has 0 amide bonds. The first-order valence-corrected chi connectivity index (χ1v) is 5.88. The van der Waals surface area contributed by atoms with E-state index in [0.29, 0.717) is 17.8 Å². The van der Waals surface area contributed by atoms with Crippen LogP contribution in [0.3, 0.4) is 0 Å². The van der Waals surface area contributed by atoms with Gasteiger partial charge in [0.05, 0.1) is 0 Å². The Bertz CT molecular complexity index is 267. The molecule has 1 heteroatoms. The zero-order valence-corrected chi connectivity index (χ0v) is 10.5. The van der Waals surface area contributed by atoms with Crippen molar-refractivity contribution < 1.29 is 0 Å². The Labute approximate surface area is 132 Å². The summed E-state index contributed by atoms with van der Waals surface area (Å²) in [6.45, 7) is 13.9. The molecule has 0 radical (unpaired) electrons. The fourth-order valence-electron chi connectivity index (χ4n) is 2.42. The number of rotatable bonds is 3. The average Bonchev–Trinajstić information content (AvgIpc) is 2.46. The van der Waals surface area contributed by atoms with Crippen LogP contribution in [-0.2, 0) is 0 Å². The molecule has 0 aromatic heterocycles. The van der Waals surface area contributed by atoms with Crippen molar-refractivity contribution in [1.82, 2.24) is 0 Å². The SMILES string of the molecule is CC(C)C1=CCC(C(C)C)=C1C(C)C.[SrH2]. The van der Waals surface area contributed by atoms with Crippen molar-refractivity contribution in [3.63, 3.8) is 0 Å². The van der Waals surface area contributed by atoms with Gasteiger partial charge in [0, 0.05) is 0 Å². The van der Waals surface area contributed by atoms with Gasteiger partial charge >= 0.3 is 45.5 Å². The van der Waals surface area contributed by atoms with Crippen LogP contribution in [0.1, 0.15) is 48.0 Å². The van der Waals surface area contributed by atoms with Crippen molar-refractivity contribution in [1.29, 1.82) is 0 Å². The standard InChI is InChI=1S/C14H24.Sr.2H/c1-9(2)12-7-8-13(10(3)4)14(12)11(5)6;;;/h7,9-11H,8H2,1-6H3;;;. The van der Waals surface area contributed by atoms with Crippen molar-refractivity contribution in [2.45, 2.75) is 48.0 Å². The van der Waals surface area contributed by atoms with Gasteiger partial charge in [-0.25, -0.2) is 0 Å². The molecule has 0 aliphatic heterocycles. The summed E-state index contributed by atoms with van der Waals surface area (Å²) in [5, 5.41) is 0. The van der Waals surface area contributed by atoms with Crippen LogP contribution in [-0.4, -0.2) is 45.5 Å². The molecule has 1 rings (SSSR count). The first-order chi connectivity index (χ1) is 6.45. The van der Waals surface area contributed by atoms with Gasteiger partial charge in [-0.3, -0.25) is 0 Å². The summed E-state index contributed by atoms with van der Waals surface area (Å²) in [6.07, 6.45) is 3.63. The molecule has 0 spiro atoms. The van der Waals surface area contributed by atoms with Gasteiger partial charge in [-0.05, 0) is 35.3 Å². The third kappa shape index (κ3) is 3.73. The van der Waals surface area contributed by atoms with Gasteiger partial charge in [-0.2, -0.15) is 0 Å². The van der Waals surface area contributed by atoms with E-state index in [-0.39, 0.29) is 45.5 Å². The van der Waals surface area contributed by atoms with E-state index in [1.54, 1.807) is 16.7 Å². The van der Waals surface area contributed by atoms with Gasteiger partial charge in [0.2, 0.25) is 0 Å². The van der Waals surface area contributed by atoms with Crippen LogP contribution < -0.4 is 0 Å². The van der Waals surface area contributed by atoms with Gasteiger partial charge in [0.25, 0.3) is 0 Å². The predicted molar refractivity (Wildman–Crippen MR) is 72.8 cm³/mol. The Morgan fingerprint density at radius 2 is 1.40 bits per heavy atom. The minimum absolute atomic E-state index is 0. The molecule has 0 unspecified atom stereocenters. The van der Waals surface area contributed by atoms with Crippen LogP contribution >= 0.6 is 0 Å². The van der Waals surface area contributed by atoms with Gasteiger partial charge in [0.1, 0.15) is 0 Å². The molecule has 0 fully saturated rings. The van der Waals surface area contributed by atoms with Gasteiger partial charge in [0.15, 0.2) is 0 Å². The fourth-order valence-corrected chi connectivity index (χ4v) is 2.42. The summed E-state index contributed by atoms with van der Waals surface area (Å²) in [7, 11) is 0. The molecule has 0 aromatic carbocycles. The molecule has 0 nitrogen and oxygen atoms in total. The van der Waals surface area contributed by atoms with E-state index >= 15 is 0 Å². The molecule has 84 valence electrons. The van der Waals surface area contributed by atoms with Crippen LogP contribution in [0.5, 0.6) is 0 Å². The molecule has 0 saturated heterocycles. The number of hydrogen-bond acceptors (Lipinski definition) is 0. The summed E-state index contributed by atoms with van der Waals surface area (Å²) in [5.41, 5.74) is 4.92. The Morgan fingerprint density at radius 1 is 0.867 bits per heavy atom. The molecule has 0 saturated carbocycles. The van der Waals surface area contributed by atoms with E-state index in [1.807, 2.05) is 0 Å². The topological polar surface area (TPSA) is 0 Å². The van der Waals surface area contributed by atoms with E-state index in [0.717, 1.165) is 0 Å². The van der Waals surface area contributed by atoms with Crippen molar-refractivity contribution in [2.24, 2.45) is 17.8 Å². The number of hydrogen-bond donors (Lipinski definition) is 0. The van der Waals surface area contributed by atoms with Crippen LogP contribution in [0.4, 0.5) is 0 Å². The molecule has 15 heavy (non-hydrogen) atoms. The van der Waals surface area contributed by atoms with Crippen molar-refractivity contribution in [3.05, 3.63) is 22.8 Å². The molecule has 0 N–H and O–H groups in total. The summed E-state index contributed by atoms with van der Waals surface area (Å²) in [6, 6.07) is 0. The first-order valence-electron chi connectivity index (χ1n) is 5.88. The second-order valence-electron chi connectivity index (χ2n) is 5.27. The maximum atomic E-state index is 2.44. The summed E-state index contributed by atoms with van der Waals surface area (Å²) in [5.74, 6) is 2.08. The van der Waals surface area contributed by atoms with Crippen molar-refractivity contribution >= 4 is 45.5 Å². The quantitative estimate of drug-likeness (QED) is 0.693. The monoisotopic (exact) mass is 282 g/mol. The van der Waals surface area contributed by atoms with Gasteiger partial charge < -0.3 is 0 Å².